The van der Waals surface area contributed by atoms with Gasteiger partial charge in [-0.3, -0.25) is 29.6 Å². The summed E-state index contributed by atoms with van der Waals surface area (Å²) in [6.45, 7) is 1.82. The van der Waals surface area contributed by atoms with Gasteiger partial charge in [0.05, 0.1) is 24.5 Å². The lowest BCUT2D eigenvalue weighted by molar-refractivity contribution is -0.154. The van der Waals surface area contributed by atoms with Crippen LogP contribution in [0.1, 0.15) is 24.9 Å². The molecule has 0 unspecified atom stereocenters. The van der Waals surface area contributed by atoms with Crippen molar-refractivity contribution < 1.29 is 19.1 Å². The maximum atomic E-state index is 12.9. The first kappa shape index (κ1) is 17.6. The summed E-state index contributed by atoms with van der Waals surface area (Å²) in [5.74, 6) is -2.60. The molecule has 0 spiro atoms. The number of nitrogens with one attached hydrogen (secondary N) is 1. The number of imide groups is 1. The van der Waals surface area contributed by atoms with E-state index in [-0.39, 0.29) is 11.8 Å². The number of hydrogen-bond donors (Lipinski definition) is 1. The van der Waals surface area contributed by atoms with E-state index in [1.807, 2.05) is 37.3 Å². The van der Waals surface area contributed by atoms with Gasteiger partial charge in [0.25, 0.3) is 0 Å². The van der Waals surface area contributed by atoms with Crippen LogP contribution in [-0.2, 0) is 19.1 Å². The Morgan fingerprint density at radius 3 is 2.74 bits per heavy atom. The molecule has 0 bridgehead atoms. The molecule has 0 aliphatic carbocycles. The summed E-state index contributed by atoms with van der Waals surface area (Å²) in [6.07, 6.45) is 2.04. The van der Waals surface area contributed by atoms with E-state index in [0.29, 0.717) is 6.42 Å². The molecule has 0 radical (unpaired) electrons. The quantitative estimate of drug-likeness (QED) is 0.652. The van der Waals surface area contributed by atoms with Gasteiger partial charge in [-0.25, -0.2) is 0 Å². The van der Waals surface area contributed by atoms with Crippen molar-refractivity contribution in [2.45, 2.75) is 24.9 Å². The van der Waals surface area contributed by atoms with Crippen LogP contribution in [0.4, 0.5) is 0 Å². The first-order valence-electron chi connectivity index (χ1n) is 8.97. The van der Waals surface area contributed by atoms with E-state index < -0.39 is 29.4 Å². The van der Waals surface area contributed by atoms with Crippen molar-refractivity contribution in [1.82, 2.24) is 15.2 Å². The Bertz CT molecular complexity index is 959. The molecule has 2 aliphatic heterocycles. The highest BCUT2D eigenvalue weighted by Gasteiger charge is 2.67. The SMILES string of the molecule is CC[C@]1(C(=O)OC)N[C@@H](c2cnc3ccccc3c2)[C@H]2C(=O)N(C)C(=O)[C@H]21. The van der Waals surface area contributed by atoms with Crippen molar-refractivity contribution in [2.24, 2.45) is 11.8 Å². The van der Waals surface area contributed by atoms with Gasteiger partial charge in [-0.05, 0) is 24.1 Å². The molecule has 1 N–H and O–H groups in total. The number of rotatable bonds is 3. The molecule has 1 aromatic heterocycles. The Labute approximate surface area is 156 Å². The number of likely N-dealkylation sites (tertiary alicyclic amines) is 1. The minimum atomic E-state index is -1.23. The predicted molar refractivity (Wildman–Crippen MR) is 97.4 cm³/mol. The molecule has 3 heterocycles. The molecule has 140 valence electrons. The Hall–Kier alpha value is -2.80. The molecule has 2 amide bonds. The summed E-state index contributed by atoms with van der Waals surface area (Å²) < 4.78 is 5.01. The van der Waals surface area contributed by atoms with Gasteiger partial charge in [0.2, 0.25) is 11.8 Å². The Morgan fingerprint density at radius 2 is 2.04 bits per heavy atom. The second-order valence-electron chi connectivity index (χ2n) is 7.14. The van der Waals surface area contributed by atoms with E-state index in [9.17, 15) is 14.4 Å². The van der Waals surface area contributed by atoms with Crippen molar-refractivity contribution in [2.75, 3.05) is 14.2 Å². The summed E-state index contributed by atoms with van der Waals surface area (Å²) in [5.41, 5.74) is 0.392. The van der Waals surface area contributed by atoms with E-state index in [2.05, 4.69) is 10.3 Å². The summed E-state index contributed by atoms with van der Waals surface area (Å²) in [6, 6.07) is 9.14. The molecule has 4 rings (SSSR count). The average molecular weight is 367 g/mol. The minimum Gasteiger partial charge on any atom is -0.468 e. The zero-order chi connectivity index (χ0) is 19.3. The van der Waals surface area contributed by atoms with E-state index in [0.717, 1.165) is 21.4 Å². The van der Waals surface area contributed by atoms with Crippen LogP contribution in [0, 0.1) is 11.8 Å². The summed E-state index contributed by atoms with van der Waals surface area (Å²) >= 11 is 0. The van der Waals surface area contributed by atoms with E-state index >= 15 is 0 Å². The van der Waals surface area contributed by atoms with Gasteiger partial charge in [-0.2, -0.15) is 0 Å². The molecule has 7 nitrogen and oxygen atoms in total. The fraction of sp³-hybridized carbons (Fsp3) is 0.400. The van der Waals surface area contributed by atoms with Crippen LogP contribution in [0.5, 0.6) is 0 Å². The second kappa shape index (κ2) is 6.13. The molecular formula is C20H21N3O4. The number of benzene rings is 1. The predicted octanol–water partition coefficient (Wildman–Crippen LogP) is 1.43. The number of nitrogens with zero attached hydrogens (tertiary/aromatic N) is 2. The van der Waals surface area contributed by atoms with Gasteiger partial charge in [0.1, 0.15) is 5.54 Å². The molecule has 2 aromatic rings. The summed E-state index contributed by atoms with van der Waals surface area (Å²) in [5, 5.41) is 4.22. The number of methoxy groups -OCH3 is 1. The van der Waals surface area contributed by atoms with Crippen LogP contribution in [-0.4, -0.2) is 47.4 Å². The van der Waals surface area contributed by atoms with E-state index in [1.165, 1.54) is 14.2 Å². The van der Waals surface area contributed by atoms with Crippen molar-refractivity contribution in [1.29, 1.82) is 0 Å². The van der Waals surface area contributed by atoms with Gasteiger partial charge in [0.15, 0.2) is 0 Å². The topological polar surface area (TPSA) is 88.6 Å². The second-order valence-corrected chi connectivity index (χ2v) is 7.14. The zero-order valence-electron chi connectivity index (χ0n) is 15.4. The third kappa shape index (κ3) is 2.31. The van der Waals surface area contributed by atoms with Crippen LogP contribution in [0.3, 0.4) is 0 Å². The summed E-state index contributed by atoms with van der Waals surface area (Å²) in [4.78, 5) is 44.0. The van der Waals surface area contributed by atoms with Crippen molar-refractivity contribution in [3.8, 4) is 0 Å². The number of para-hydroxylation sites is 1. The molecule has 2 saturated heterocycles. The molecule has 7 heteroatoms. The Kier molecular flexibility index (Phi) is 3.99. The molecular weight excluding hydrogens is 346 g/mol. The van der Waals surface area contributed by atoms with Crippen LogP contribution >= 0.6 is 0 Å². The number of amides is 2. The molecule has 27 heavy (non-hydrogen) atoms. The van der Waals surface area contributed by atoms with Crippen LogP contribution in [0.2, 0.25) is 0 Å². The van der Waals surface area contributed by atoms with Gasteiger partial charge in [-0.1, -0.05) is 25.1 Å². The molecule has 4 atom stereocenters. The number of hydrogen-bond acceptors (Lipinski definition) is 6. The number of carbonyl (C=O) groups excluding carboxylic acids is 3. The Morgan fingerprint density at radius 1 is 1.30 bits per heavy atom. The first-order valence-corrected chi connectivity index (χ1v) is 8.97. The number of carbonyl (C=O) groups is 3. The fourth-order valence-electron chi connectivity index (χ4n) is 4.53. The molecule has 0 saturated carbocycles. The van der Waals surface area contributed by atoms with Crippen molar-refractivity contribution in [3.05, 3.63) is 42.1 Å². The normalized spacial score (nSPS) is 30.0. The van der Waals surface area contributed by atoms with Crippen molar-refractivity contribution in [3.63, 3.8) is 0 Å². The third-order valence-electron chi connectivity index (χ3n) is 5.95. The van der Waals surface area contributed by atoms with Crippen LogP contribution < -0.4 is 5.32 Å². The van der Waals surface area contributed by atoms with Gasteiger partial charge >= 0.3 is 5.97 Å². The van der Waals surface area contributed by atoms with Gasteiger partial charge < -0.3 is 4.74 Å². The van der Waals surface area contributed by atoms with Crippen molar-refractivity contribution >= 4 is 28.7 Å². The lowest BCUT2D eigenvalue weighted by atomic mass is 9.78. The smallest absolute Gasteiger partial charge is 0.326 e. The molecule has 2 fully saturated rings. The lowest BCUT2D eigenvalue weighted by Crippen LogP contribution is -2.55. The van der Waals surface area contributed by atoms with Gasteiger partial charge in [0, 0.05) is 24.7 Å². The highest BCUT2D eigenvalue weighted by Crippen LogP contribution is 2.50. The highest BCUT2D eigenvalue weighted by molar-refractivity contribution is 6.09. The Balaban J connectivity index is 1.86. The highest BCUT2D eigenvalue weighted by atomic mass is 16.5. The maximum absolute atomic E-state index is 12.9. The monoisotopic (exact) mass is 367 g/mol. The zero-order valence-corrected chi connectivity index (χ0v) is 15.4. The lowest BCUT2D eigenvalue weighted by Gasteiger charge is -2.30. The first-order chi connectivity index (χ1) is 12.9. The van der Waals surface area contributed by atoms with E-state index in [4.69, 9.17) is 4.74 Å². The largest absolute Gasteiger partial charge is 0.468 e. The number of pyridine rings is 1. The summed E-state index contributed by atoms with van der Waals surface area (Å²) in [7, 11) is 2.77. The number of aromatic nitrogens is 1. The van der Waals surface area contributed by atoms with Crippen LogP contribution in [0.25, 0.3) is 10.9 Å². The number of fused-ring (bicyclic) bond motifs is 2. The maximum Gasteiger partial charge on any atom is 0.326 e. The third-order valence-corrected chi connectivity index (χ3v) is 5.95. The number of esters is 1. The van der Waals surface area contributed by atoms with Gasteiger partial charge in [-0.15, -0.1) is 0 Å². The number of ether oxygens (including phenoxy) is 1. The minimum absolute atomic E-state index is 0.283. The molecule has 2 aliphatic rings. The average Bonchev–Trinajstić information content (AvgIpc) is 3.17. The van der Waals surface area contributed by atoms with E-state index in [1.54, 1.807) is 6.20 Å². The molecule has 1 aromatic carbocycles. The van der Waals surface area contributed by atoms with Crippen LogP contribution in [0.15, 0.2) is 36.5 Å². The standard InChI is InChI=1S/C20H21N3O4/c1-4-20(19(26)27-3)15-14(17(24)23(2)18(15)25)16(22-20)12-9-11-7-5-6-8-13(11)21-10-12/h5-10,14-16,22H,4H2,1-3H3/t14-,15-,16-,20-/m0/s1. The fourth-order valence-corrected chi connectivity index (χ4v) is 4.53.